The number of aromatic nitrogens is 2. The Balaban J connectivity index is 1.90. The summed E-state index contributed by atoms with van der Waals surface area (Å²) in [5.41, 5.74) is 0.677. The lowest BCUT2D eigenvalue weighted by atomic mass is 10.2. The molecule has 3 N–H and O–H groups in total. The number of anilines is 2. The maximum absolute atomic E-state index is 13.9. The number of hydrogen-bond acceptors (Lipinski definition) is 9. The zero-order chi connectivity index (χ0) is 21.7. The molecule has 0 fully saturated rings. The fourth-order valence-corrected chi connectivity index (χ4v) is 3.40. The summed E-state index contributed by atoms with van der Waals surface area (Å²) < 4.78 is 32.3. The molecule has 0 saturated carbocycles. The second-order valence-corrected chi connectivity index (χ2v) is 7.36. The number of aliphatic hydroxyl groups is 1. The Morgan fingerprint density at radius 2 is 2.20 bits per heavy atom. The van der Waals surface area contributed by atoms with E-state index in [4.69, 9.17) is 4.74 Å². The highest BCUT2D eigenvalue weighted by Gasteiger charge is 2.24. The molecule has 3 rings (SSSR count). The summed E-state index contributed by atoms with van der Waals surface area (Å²) in [6.45, 7) is 3.64. The summed E-state index contributed by atoms with van der Waals surface area (Å²) in [7, 11) is 0. The molecule has 0 bridgehead atoms. The second-order valence-electron chi connectivity index (χ2n) is 6.41. The molecule has 2 aromatic rings. The number of aliphatic imine (C=N–C) groups is 1. The first kappa shape index (κ1) is 21.9. The van der Waals surface area contributed by atoms with Crippen LogP contribution in [0.25, 0.3) is 0 Å². The monoisotopic (exact) mass is 437 g/mol. The number of esters is 1. The van der Waals surface area contributed by atoms with E-state index in [1.807, 2.05) is 0 Å². The molecular formula is C19H21F2N5O3S. The minimum absolute atomic E-state index is 0.120. The number of thioether (sulfide) groups is 1. The van der Waals surface area contributed by atoms with E-state index in [-0.39, 0.29) is 42.8 Å². The smallest absolute Gasteiger partial charge is 0.354 e. The number of nitrogens with zero attached hydrogens (tertiary/aromatic N) is 3. The zero-order valence-corrected chi connectivity index (χ0v) is 17.2. The number of ether oxygens (including phenoxy) is 1. The fourth-order valence-electron chi connectivity index (χ4n) is 2.58. The van der Waals surface area contributed by atoms with E-state index in [1.165, 1.54) is 12.1 Å². The van der Waals surface area contributed by atoms with Gasteiger partial charge in [0.05, 0.1) is 19.8 Å². The van der Waals surface area contributed by atoms with Crippen molar-refractivity contribution in [1.29, 1.82) is 0 Å². The predicted octanol–water partition coefficient (Wildman–Crippen LogP) is 2.90. The molecule has 0 radical (unpaired) electrons. The van der Waals surface area contributed by atoms with Crippen molar-refractivity contribution in [2.24, 2.45) is 4.99 Å². The Labute approximate surface area is 176 Å². The van der Waals surface area contributed by atoms with E-state index < -0.39 is 17.6 Å². The molecule has 0 aliphatic carbocycles. The molecule has 1 aromatic carbocycles. The van der Waals surface area contributed by atoms with Gasteiger partial charge in [0.25, 0.3) is 0 Å². The number of carbonyl (C=O) groups excluding carboxylic acids is 1. The number of fused-ring (bicyclic) bond motifs is 1. The van der Waals surface area contributed by atoms with Crippen LogP contribution < -0.4 is 10.6 Å². The third kappa shape index (κ3) is 5.03. The van der Waals surface area contributed by atoms with Crippen LogP contribution in [0.3, 0.4) is 0 Å². The molecule has 0 amide bonds. The van der Waals surface area contributed by atoms with Crippen LogP contribution in [-0.4, -0.2) is 52.6 Å². The van der Waals surface area contributed by atoms with Crippen LogP contribution in [0.2, 0.25) is 0 Å². The van der Waals surface area contributed by atoms with Crippen LogP contribution in [0, 0.1) is 11.6 Å². The number of benzene rings is 1. The van der Waals surface area contributed by atoms with Crippen molar-refractivity contribution in [3.63, 3.8) is 0 Å². The molecule has 1 aliphatic rings. The molecule has 1 atom stereocenters. The quantitative estimate of drug-likeness (QED) is 0.329. The van der Waals surface area contributed by atoms with Gasteiger partial charge in [0.15, 0.2) is 28.4 Å². The molecule has 0 spiro atoms. The average Bonchev–Trinajstić information content (AvgIpc) is 2.74. The van der Waals surface area contributed by atoms with Gasteiger partial charge >= 0.3 is 5.97 Å². The fraction of sp³-hybridized carbons (Fsp3) is 0.368. The number of carbonyl (C=O) groups is 1. The Bertz CT molecular complexity index is 973. The highest BCUT2D eigenvalue weighted by Crippen LogP contribution is 2.36. The molecule has 11 heteroatoms. The molecule has 160 valence electrons. The molecule has 1 aromatic heterocycles. The van der Waals surface area contributed by atoms with Gasteiger partial charge in [0, 0.05) is 17.4 Å². The minimum atomic E-state index is -0.916. The van der Waals surface area contributed by atoms with Crippen LogP contribution in [-0.2, 0) is 15.3 Å². The van der Waals surface area contributed by atoms with Crippen molar-refractivity contribution in [1.82, 2.24) is 9.97 Å². The lowest BCUT2D eigenvalue weighted by Gasteiger charge is -2.21. The lowest BCUT2D eigenvalue weighted by Crippen LogP contribution is -2.29. The number of nitrogens with one attached hydrogen (secondary N) is 2. The first-order valence-corrected chi connectivity index (χ1v) is 10.2. The summed E-state index contributed by atoms with van der Waals surface area (Å²) in [5, 5.41) is 15.7. The minimum Gasteiger partial charge on any atom is -0.461 e. The summed E-state index contributed by atoms with van der Waals surface area (Å²) >= 11 is 1.12. The van der Waals surface area contributed by atoms with Crippen molar-refractivity contribution in [3.8, 4) is 0 Å². The molecule has 30 heavy (non-hydrogen) atoms. The highest BCUT2D eigenvalue weighted by atomic mass is 32.2. The van der Waals surface area contributed by atoms with Gasteiger partial charge in [-0.2, -0.15) is 0 Å². The summed E-state index contributed by atoms with van der Waals surface area (Å²) in [5.74, 6) is -1.56. The van der Waals surface area contributed by atoms with Gasteiger partial charge in [-0.1, -0.05) is 23.9 Å². The van der Waals surface area contributed by atoms with E-state index >= 15 is 0 Å². The van der Waals surface area contributed by atoms with Crippen molar-refractivity contribution in [3.05, 3.63) is 35.4 Å². The van der Waals surface area contributed by atoms with Crippen LogP contribution in [0.15, 0.2) is 28.3 Å². The number of hydrogen-bond donors (Lipinski definition) is 3. The Morgan fingerprint density at radius 1 is 1.40 bits per heavy atom. The molecule has 1 aliphatic heterocycles. The summed E-state index contributed by atoms with van der Waals surface area (Å²) in [6, 6.07) is 3.64. The molecule has 0 unspecified atom stereocenters. The molecule has 2 heterocycles. The zero-order valence-electron chi connectivity index (χ0n) is 16.4. The third-order valence-electron chi connectivity index (χ3n) is 4.09. The van der Waals surface area contributed by atoms with Crippen molar-refractivity contribution < 1.29 is 23.4 Å². The lowest BCUT2D eigenvalue weighted by molar-refractivity contribution is -0.135. The highest BCUT2D eigenvalue weighted by molar-refractivity contribution is 7.98. The van der Waals surface area contributed by atoms with Gasteiger partial charge in [0.1, 0.15) is 11.4 Å². The number of rotatable bonds is 8. The SMILES string of the molecule is CCOC(=O)C1=Nc2c(nc(SCc3cccc(F)c3F)nc2N[C@H](C)CO)NC1. The van der Waals surface area contributed by atoms with Gasteiger partial charge in [-0.15, -0.1) is 0 Å². The van der Waals surface area contributed by atoms with E-state index in [0.717, 1.165) is 17.8 Å². The topological polar surface area (TPSA) is 109 Å². The maximum atomic E-state index is 13.9. The Kier molecular flexibility index (Phi) is 7.16. The summed E-state index contributed by atoms with van der Waals surface area (Å²) in [4.78, 5) is 25.1. The van der Waals surface area contributed by atoms with E-state index in [1.54, 1.807) is 13.8 Å². The van der Waals surface area contributed by atoms with E-state index in [0.29, 0.717) is 22.5 Å². The Morgan fingerprint density at radius 3 is 2.93 bits per heavy atom. The Hall–Kier alpha value is -2.79. The van der Waals surface area contributed by atoms with E-state index in [2.05, 4.69) is 25.6 Å². The first-order chi connectivity index (χ1) is 14.4. The van der Waals surface area contributed by atoms with E-state index in [9.17, 15) is 18.7 Å². The number of aliphatic hydroxyl groups excluding tert-OH is 1. The molecule has 0 saturated heterocycles. The summed E-state index contributed by atoms with van der Waals surface area (Å²) in [6.07, 6.45) is 0. The van der Waals surface area contributed by atoms with Gasteiger partial charge in [-0.25, -0.2) is 28.5 Å². The van der Waals surface area contributed by atoms with Crippen LogP contribution in [0.5, 0.6) is 0 Å². The molecular weight excluding hydrogens is 416 g/mol. The standard InChI is InChI=1S/C19H21F2N5O3S/c1-3-29-18(28)13-7-22-16-15(24-13)17(23-10(2)8-27)26-19(25-16)30-9-11-5-4-6-12(20)14(11)21/h4-6,10,27H,3,7-9H2,1-2H3,(H2,22,23,25,26)/t10-/m1/s1. The number of halogens is 2. The third-order valence-corrected chi connectivity index (χ3v) is 4.99. The molecule has 8 nitrogen and oxygen atoms in total. The second kappa shape index (κ2) is 9.81. The van der Waals surface area contributed by atoms with Crippen molar-refractivity contribution in [2.75, 3.05) is 30.4 Å². The largest absolute Gasteiger partial charge is 0.461 e. The van der Waals surface area contributed by atoms with Gasteiger partial charge in [-0.3, -0.25) is 0 Å². The van der Waals surface area contributed by atoms with Crippen molar-refractivity contribution >= 4 is 40.8 Å². The van der Waals surface area contributed by atoms with Gasteiger partial charge in [0.2, 0.25) is 0 Å². The van der Waals surface area contributed by atoms with Crippen LogP contribution in [0.1, 0.15) is 19.4 Å². The average molecular weight is 437 g/mol. The predicted molar refractivity (Wildman–Crippen MR) is 110 cm³/mol. The van der Waals surface area contributed by atoms with Crippen LogP contribution in [0.4, 0.5) is 26.1 Å². The van der Waals surface area contributed by atoms with Gasteiger partial charge in [-0.05, 0) is 19.9 Å². The first-order valence-electron chi connectivity index (χ1n) is 9.26. The normalized spacial score (nSPS) is 13.7. The van der Waals surface area contributed by atoms with Gasteiger partial charge < -0.3 is 20.5 Å². The maximum Gasteiger partial charge on any atom is 0.354 e. The van der Waals surface area contributed by atoms with Crippen molar-refractivity contribution in [2.45, 2.75) is 30.8 Å². The van der Waals surface area contributed by atoms with Crippen LogP contribution >= 0.6 is 11.8 Å².